The van der Waals surface area contributed by atoms with Gasteiger partial charge in [0, 0.05) is 20.0 Å². The van der Waals surface area contributed by atoms with Crippen LogP contribution in [-0.2, 0) is 4.79 Å². The van der Waals surface area contributed by atoms with Crippen molar-refractivity contribution in [1.29, 1.82) is 0 Å². The topological polar surface area (TPSA) is 20.3 Å². The van der Waals surface area contributed by atoms with Crippen LogP contribution < -0.4 is 0 Å². The van der Waals surface area contributed by atoms with Gasteiger partial charge >= 0.3 is 0 Å². The molecule has 1 saturated carbocycles. The second kappa shape index (κ2) is 3.03. The standard InChI is InChI=1S/C9H13Cl2NO/c1-6(13)12-4-7-2-9(10,11)3-8(7)5-12/h7-8H,2-5H2,1H3/t7-,8+. The molecule has 0 unspecified atom stereocenters. The Balaban J connectivity index is 2.01. The molecule has 0 aromatic heterocycles. The minimum absolute atomic E-state index is 0.171. The lowest BCUT2D eigenvalue weighted by molar-refractivity contribution is -0.128. The minimum atomic E-state index is -0.530. The number of carbonyl (C=O) groups excluding carboxylic acids is 1. The van der Waals surface area contributed by atoms with Crippen molar-refractivity contribution in [1.82, 2.24) is 4.90 Å². The lowest BCUT2D eigenvalue weighted by Gasteiger charge is -2.18. The van der Waals surface area contributed by atoms with Crippen molar-refractivity contribution in [3.05, 3.63) is 0 Å². The number of likely N-dealkylation sites (tertiary alicyclic amines) is 1. The first-order valence-corrected chi connectivity index (χ1v) is 5.37. The molecule has 1 saturated heterocycles. The van der Waals surface area contributed by atoms with Gasteiger partial charge in [-0.05, 0) is 24.7 Å². The van der Waals surface area contributed by atoms with E-state index in [0.29, 0.717) is 11.8 Å². The number of carbonyl (C=O) groups is 1. The highest BCUT2D eigenvalue weighted by molar-refractivity contribution is 6.48. The van der Waals surface area contributed by atoms with Gasteiger partial charge in [0.2, 0.25) is 5.91 Å². The maximum Gasteiger partial charge on any atom is 0.219 e. The molecule has 2 fully saturated rings. The van der Waals surface area contributed by atoms with Crippen molar-refractivity contribution in [3.63, 3.8) is 0 Å². The number of nitrogens with zero attached hydrogens (tertiary/aromatic N) is 1. The van der Waals surface area contributed by atoms with E-state index >= 15 is 0 Å². The van der Waals surface area contributed by atoms with E-state index in [0.717, 1.165) is 25.9 Å². The van der Waals surface area contributed by atoms with Crippen LogP contribution in [0.3, 0.4) is 0 Å². The molecule has 1 aliphatic heterocycles. The van der Waals surface area contributed by atoms with Gasteiger partial charge in [0.05, 0.1) is 0 Å². The minimum Gasteiger partial charge on any atom is -0.342 e. The molecule has 0 aromatic rings. The van der Waals surface area contributed by atoms with Crippen LogP contribution in [0.25, 0.3) is 0 Å². The second-order valence-corrected chi connectivity index (χ2v) is 5.85. The zero-order valence-electron chi connectivity index (χ0n) is 7.59. The molecule has 2 atom stereocenters. The zero-order chi connectivity index (χ0) is 9.64. The number of alkyl halides is 2. The largest absolute Gasteiger partial charge is 0.342 e. The molecule has 2 aliphatic rings. The number of hydrogen-bond donors (Lipinski definition) is 0. The van der Waals surface area contributed by atoms with Gasteiger partial charge in [0.1, 0.15) is 4.33 Å². The van der Waals surface area contributed by atoms with E-state index < -0.39 is 4.33 Å². The van der Waals surface area contributed by atoms with E-state index in [1.54, 1.807) is 6.92 Å². The van der Waals surface area contributed by atoms with Crippen molar-refractivity contribution in [2.24, 2.45) is 11.8 Å². The van der Waals surface area contributed by atoms with Crippen molar-refractivity contribution < 1.29 is 4.79 Å². The maximum absolute atomic E-state index is 11.1. The molecule has 0 aromatic carbocycles. The summed E-state index contributed by atoms with van der Waals surface area (Å²) < 4.78 is -0.530. The highest BCUT2D eigenvalue weighted by Crippen LogP contribution is 2.49. The van der Waals surface area contributed by atoms with Crippen molar-refractivity contribution in [2.75, 3.05) is 13.1 Å². The molecule has 1 amide bonds. The van der Waals surface area contributed by atoms with Crippen molar-refractivity contribution in [2.45, 2.75) is 24.1 Å². The normalized spacial score (nSPS) is 36.4. The maximum atomic E-state index is 11.1. The Hall–Kier alpha value is 0.0500. The summed E-state index contributed by atoms with van der Waals surface area (Å²) >= 11 is 12.1. The third kappa shape index (κ3) is 1.79. The van der Waals surface area contributed by atoms with E-state index in [1.807, 2.05) is 4.90 Å². The van der Waals surface area contributed by atoms with Gasteiger partial charge in [-0.2, -0.15) is 0 Å². The molecule has 1 heterocycles. The molecular weight excluding hydrogens is 209 g/mol. The van der Waals surface area contributed by atoms with Crippen molar-refractivity contribution in [3.8, 4) is 0 Å². The Labute approximate surface area is 88.2 Å². The number of hydrogen-bond acceptors (Lipinski definition) is 1. The quantitative estimate of drug-likeness (QED) is 0.574. The highest BCUT2D eigenvalue weighted by Gasteiger charge is 2.47. The van der Waals surface area contributed by atoms with Gasteiger partial charge in [0.25, 0.3) is 0 Å². The van der Waals surface area contributed by atoms with Gasteiger partial charge < -0.3 is 4.90 Å². The molecule has 0 N–H and O–H groups in total. The number of halogens is 2. The smallest absolute Gasteiger partial charge is 0.219 e. The molecule has 0 bridgehead atoms. The van der Waals surface area contributed by atoms with E-state index in [-0.39, 0.29) is 5.91 Å². The van der Waals surface area contributed by atoms with Crippen LogP contribution >= 0.6 is 23.2 Å². The average Bonchev–Trinajstić information content (AvgIpc) is 2.39. The highest BCUT2D eigenvalue weighted by atomic mass is 35.5. The number of rotatable bonds is 0. The Morgan fingerprint density at radius 1 is 1.31 bits per heavy atom. The van der Waals surface area contributed by atoms with Crippen LogP contribution in [0.5, 0.6) is 0 Å². The van der Waals surface area contributed by atoms with Gasteiger partial charge in [-0.25, -0.2) is 0 Å². The van der Waals surface area contributed by atoms with Crippen molar-refractivity contribution >= 4 is 29.1 Å². The molecule has 2 rings (SSSR count). The molecule has 2 nitrogen and oxygen atoms in total. The van der Waals surface area contributed by atoms with Crippen LogP contribution in [0.2, 0.25) is 0 Å². The first kappa shape index (κ1) is 9.60. The fraction of sp³-hybridized carbons (Fsp3) is 0.889. The van der Waals surface area contributed by atoms with Crippen LogP contribution in [0.15, 0.2) is 0 Å². The molecule has 1 aliphatic carbocycles. The summed E-state index contributed by atoms with van der Waals surface area (Å²) in [6.45, 7) is 3.32. The molecule has 4 heteroatoms. The summed E-state index contributed by atoms with van der Waals surface area (Å²) in [6, 6.07) is 0. The first-order valence-electron chi connectivity index (χ1n) is 4.61. The lowest BCUT2D eigenvalue weighted by Crippen LogP contribution is -2.28. The van der Waals surface area contributed by atoms with E-state index in [2.05, 4.69) is 0 Å². The third-order valence-corrected chi connectivity index (χ3v) is 3.76. The summed E-state index contributed by atoms with van der Waals surface area (Å²) in [7, 11) is 0. The first-order chi connectivity index (χ1) is 5.98. The van der Waals surface area contributed by atoms with Gasteiger partial charge in [-0.15, -0.1) is 23.2 Å². The molecule has 0 spiro atoms. The van der Waals surface area contributed by atoms with E-state index in [4.69, 9.17) is 23.2 Å². The SMILES string of the molecule is CC(=O)N1C[C@@H]2CC(Cl)(Cl)C[C@@H]2C1. The number of amides is 1. The summed E-state index contributed by atoms with van der Waals surface area (Å²) in [5.41, 5.74) is 0. The second-order valence-electron chi connectivity index (χ2n) is 4.21. The molecule has 0 radical (unpaired) electrons. The molecule has 13 heavy (non-hydrogen) atoms. The van der Waals surface area contributed by atoms with Crippen LogP contribution in [0.1, 0.15) is 19.8 Å². The Morgan fingerprint density at radius 2 is 1.77 bits per heavy atom. The summed E-state index contributed by atoms with van der Waals surface area (Å²) in [4.78, 5) is 13.0. The summed E-state index contributed by atoms with van der Waals surface area (Å²) in [5.74, 6) is 1.22. The predicted octanol–water partition coefficient (Wildman–Crippen LogP) is 2.05. The monoisotopic (exact) mass is 221 g/mol. The van der Waals surface area contributed by atoms with Crippen LogP contribution in [0.4, 0.5) is 0 Å². The van der Waals surface area contributed by atoms with E-state index in [9.17, 15) is 4.79 Å². The molecular formula is C9H13Cl2NO. The van der Waals surface area contributed by atoms with Crippen LogP contribution in [-0.4, -0.2) is 28.2 Å². The van der Waals surface area contributed by atoms with Gasteiger partial charge in [-0.3, -0.25) is 4.79 Å². The number of fused-ring (bicyclic) bond motifs is 1. The Bertz CT molecular complexity index is 226. The Morgan fingerprint density at radius 3 is 2.15 bits per heavy atom. The predicted molar refractivity (Wildman–Crippen MR) is 52.9 cm³/mol. The third-order valence-electron chi connectivity index (χ3n) is 3.14. The average molecular weight is 222 g/mol. The lowest BCUT2D eigenvalue weighted by atomic mass is 10.0. The van der Waals surface area contributed by atoms with Gasteiger partial charge in [-0.1, -0.05) is 0 Å². The fourth-order valence-electron chi connectivity index (χ4n) is 2.51. The fourth-order valence-corrected chi connectivity index (χ4v) is 3.30. The van der Waals surface area contributed by atoms with Gasteiger partial charge in [0.15, 0.2) is 0 Å². The summed E-state index contributed by atoms with van der Waals surface area (Å²) in [6.07, 6.45) is 1.68. The zero-order valence-corrected chi connectivity index (χ0v) is 9.11. The molecule has 74 valence electrons. The van der Waals surface area contributed by atoms with E-state index in [1.165, 1.54) is 0 Å². The summed E-state index contributed by atoms with van der Waals surface area (Å²) in [5, 5.41) is 0. The van der Waals surface area contributed by atoms with Crippen LogP contribution in [0, 0.1) is 11.8 Å². The Kier molecular flexibility index (Phi) is 2.23.